The van der Waals surface area contributed by atoms with Crippen molar-refractivity contribution in [1.82, 2.24) is 30.1 Å². The van der Waals surface area contributed by atoms with Gasteiger partial charge in [-0.15, -0.1) is 12.8 Å². The molecule has 2 fully saturated rings. The molecule has 0 radical (unpaired) electrons. The van der Waals surface area contributed by atoms with Crippen LogP contribution in [0, 0.1) is 19.8 Å². The van der Waals surface area contributed by atoms with E-state index in [9.17, 15) is 4.79 Å². The van der Waals surface area contributed by atoms with Crippen LogP contribution in [0.1, 0.15) is 49.9 Å². The first kappa shape index (κ1) is 25.4. The second-order valence-electron chi connectivity index (χ2n) is 8.19. The molecular weight excluding hydrogens is 446 g/mol. The monoisotopic (exact) mass is 477 g/mol. The van der Waals surface area contributed by atoms with Gasteiger partial charge >= 0.3 is 6.01 Å². The van der Waals surface area contributed by atoms with Crippen molar-refractivity contribution in [3.63, 3.8) is 0 Å². The lowest BCUT2D eigenvalue weighted by atomic mass is 10.2. The molecule has 4 heterocycles. The molecule has 1 saturated carbocycles. The minimum absolute atomic E-state index is 0.314. The molecule has 1 saturated heterocycles. The van der Waals surface area contributed by atoms with Gasteiger partial charge in [-0.25, -0.2) is 0 Å². The fraction of sp³-hybridized carbons (Fsp3) is 0.417. The first-order chi connectivity index (χ1) is 17.1. The van der Waals surface area contributed by atoms with E-state index in [-0.39, 0.29) is 0 Å². The van der Waals surface area contributed by atoms with Crippen molar-refractivity contribution < 1.29 is 9.53 Å². The van der Waals surface area contributed by atoms with Gasteiger partial charge in [-0.05, 0) is 51.7 Å². The topological polar surface area (TPSA) is 134 Å². The number of aryl methyl sites for hydroxylation is 1. The van der Waals surface area contributed by atoms with E-state index < -0.39 is 0 Å². The Morgan fingerprint density at radius 3 is 2.60 bits per heavy atom. The maximum atomic E-state index is 9.92. The summed E-state index contributed by atoms with van der Waals surface area (Å²) in [6.07, 6.45) is 15.0. The number of nitrogens with one attached hydrogen (secondary N) is 3. The highest BCUT2D eigenvalue weighted by Crippen LogP contribution is 2.39. The standard InChI is InChI=1S/C15H21N7O.C7H8N2O.C2H2/c1-9-4-3-7-22(9)14-17-13(18-15(19-14)23-2)16-12-8-11(20-21-12)10-5-6-10;1-6-2-3-7(4-8-6)9-5-10;1-2/h8-10H,3-7H2,1-2H3,(H2,16,17,18,19,20,21);2-5H,1H3,(H,9,10);1-2H/t9-;;/m0../s1. The average molecular weight is 478 g/mol. The van der Waals surface area contributed by atoms with Crippen molar-refractivity contribution in [2.45, 2.75) is 51.5 Å². The van der Waals surface area contributed by atoms with Crippen LogP contribution in [0.3, 0.4) is 0 Å². The zero-order valence-corrected chi connectivity index (χ0v) is 20.2. The number of hydrogen-bond donors (Lipinski definition) is 3. The predicted octanol–water partition coefficient (Wildman–Crippen LogP) is 3.42. The molecule has 1 amide bonds. The molecule has 2 aliphatic rings. The summed E-state index contributed by atoms with van der Waals surface area (Å²) in [7, 11) is 1.57. The summed E-state index contributed by atoms with van der Waals surface area (Å²) in [4.78, 5) is 29.3. The number of nitrogens with zero attached hydrogens (tertiary/aromatic N) is 6. The molecule has 0 unspecified atom stereocenters. The van der Waals surface area contributed by atoms with Gasteiger partial charge in [-0.1, -0.05) is 0 Å². The number of aromatic amines is 1. The smallest absolute Gasteiger partial charge is 0.322 e. The van der Waals surface area contributed by atoms with E-state index >= 15 is 0 Å². The van der Waals surface area contributed by atoms with Gasteiger partial charge in [0.1, 0.15) is 0 Å². The second-order valence-corrected chi connectivity index (χ2v) is 8.19. The molecule has 0 spiro atoms. The lowest BCUT2D eigenvalue weighted by molar-refractivity contribution is -0.105. The number of hydrogen-bond acceptors (Lipinski definition) is 9. The van der Waals surface area contributed by atoms with Gasteiger partial charge in [0.25, 0.3) is 0 Å². The quantitative estimate of drug-likeness (QED) is 0.346. The first-order valence-corrected chi connectivity index (χ1v) is 11.4. The third-order valence-corrected chi connectivity index (χ3v) is 5.59. The third kappa shape index (κ3) is 7.14. The van der Waals surface area contributed by atoms with Gasteiger partial charge in [0.05, 0.1) is 19.0 Å². The SMILES string of the molecule is C#C.COc1nc(Nc2cc(C3CC3)[nH]n2)nc(N2CCC[C@@H]2C)n1.Cc1ccc(NC=O)cn1. The Kier molecular flexibility index (Phi) is 8.95. The number of pyridine rings is 1. The highest BCUT2D eigenvalue weighted by molar-refractivity contribution is 5.70. The van der Waals surface area contributed by atoms with Crippen LogP contribution in [0.4, 0.5) is 23.4 Å². The van der Waals surface area contributed by atoms with E-state index in [0.29, 0.717) is 36.3 Å². The minimum atomic E-state index is 0.314. The molecule has 11 heteroatoms. The number of terminal acetylenes is 1. The van der Waals surface area contributed by atoms with E-state index in [1.165, 1.54) is 18.5 Å². The van der Waals surface area contributed by atoms with Crippen LogP contribution in [-0.2, 0) is 4.79 Å². The Morgan fingerprint density at radius 2 is 2.00 bits per heavy atom. The third-order valence-electron chi connectivity index (χ3n) is 5.59. The van der Waals surface area contributed by atoms with Crippen molar-refractivity contribution in [3.8, 4) is 18.9 Å². The molecule has 35 heavy (non-hydrogen) atoms. The fourth-order valence-electron chi connectivity index (χ4n) is 3.59. The number of carbonyl (C=O) groups is 1. The van der Waals surface area contributed by atoms with Crippen LogP contribution in [-0.4, -0.2) is 56.2 Å². The van der Waals surface area contributed by atoms with E-state index in [2.05, 4.69) is 65.4 Å². The van der Waals surface area contributed by atoms with E-state index in [1.54, 1.807) is 19.4 Å². The summed E-state index contributed by atoms with van der Waals surface area (Å²) < 4.78 is 5.22. The Hall–Kier alpha value is -4.20. The fourth-order valence-corrected chi connectivity index (χ4v) is 3.59. The Balaban J connectivity index is 0.000000240. The van der Waals surface area contributed by atoms with Gasteiger partial charge in [-0.3, -0.25) is 14.9 Å². The molecule has 1 aliphatic heterocycles. The molecule has 0 aromatic carbocycles. The number of anilines is 4. The lowest BCUT2D eigenvalue weighted by Crippen LogP contribution is -2.28. The summed E-state index contributed by atoms with van der Waals surface area (Å²) in [5.41, 5.74) is 2.83. The molecule has 1 atom stereocenters. The van der Waals surface area contributed by atoms with Crippen LogP contribution >= 0.6 is 0 Å². The number of ether oxygens (including phenoxy) is 1. The molecule has 3 aromatic heterocycles. The molecule has 0 bridgehead atoms. The van der Waals surface area contributed by atoms with Crippen LogP contribution in [0.15, 0.2) is 24.4 Å². The number of rotatable bonds is 7. The summed E-state index contributed by atoms with van der Waals surface area (Å²) >= 11 is 0. The van der Waals surface area contributed by atoms with Crippen LogP contribution < -0.4 is 20.3 Å². The minimum Gasteiger partial charge on any atom is -0.467 e. The number of carbonyl (C=O) groups excluding carboxylic acids is 1. The van der Waals surface area contributed by atoms with Gasteiger partial charge in [0.15, 0.2) is 5.82 Å². The van der Waals surface area contributed by atoms with Crippen LogP contribution in [0.2, 0.25) is 0 Å². The predicted molar refractivity (Wildman–Crippen MR) is 135 cm³/mol. The number of H-pyrrole nitrogens is 1. The number of methoxy groups -OCH3 is 1. The molecule has 5 rings (SSSR count). The zero-order chi connectivity index (χ0) is 25.2. The van der Waals surface area contributed by atoms with Gasteiger partial charge in [0, 0.05) is 36.0 Å². The highest BCUT2D eigenvalue weighted by atomic mass is 16.5. The number of aromatic nitrogens is 6. The largest absolute Gasteiger partial charge is 0.467 e. The number of amides is 1. The normalized spacial score (nSPS) is 16.3. The van der Waals surface area contributed by atoms with Gasteiger partial charge in [0.2, 0.25) is 18.3 Å². The zero-order valence-electron chi connectivity index (χ0n) is 20.2. The van der Waals surface area contributed by atoms with Crippen molar-refractivity contribution in [1.29, 1.82) is 0 Å². The van der Waals surface area contributed by atoms with E-state index in [1.807, 2.05) is 19.1 Å². The van der Waals surface area contributed by atoms with Crippen molar-refractivity contribution >= 4 is 29.8 Å². The maximum Gasteiger partial charge on any atom is 0.322 e. The average Bonchev–Trinajstić information content (AvgIpc) is 3.48. The molecule has 3 aromatic rings. The molecular formula is C24H31N9O2. The highest BCUT2D eigenvalue weighted by Gasteiger charge is 2.26. The summed E-state index contributed by atoms with van der Waals surface area (Å²) in [5, 5.41) is 13.0. The van der Waals surface area contributed by atoms with Gasteiger partial charge < -0.3 is 20.3 Å². The van der Waals surface area contributed by atoms with Crippen molar-refractivity contribution in [3.05, 3.63) is 35.8 Å². The van der Waals surface area contributed by atoms with E-state index in [0.717, 1.165) is 36.6 Å². The Bertz CT molecular complexity index is 1110. The lowest BCUT2D eigenvalue weighted by Gasteiger charge is -2.21. The van der Waals surface area contributed by atoms with Crippen molar-refractivity contribution in [2.75, 3.05) is 29.2 Å². The Morgan fingerprint density at radius 1 is 1.20 bits per heavy atom. The summed E-state index contributed by atoms with van der Waals surface area (Å²) in [6, 6.07) is 6.41. The second kappa shape index (κ2) is 12.3. The van der Waals surface area contributed by atoms with Gasteiger partial charge in [-0.2, -0.15) is 20.1 Å². The first-order valence-electron chi connectivity index (χ1n) is 11.4. The molecule has 184 valence electrons. The molecule has 11 nitrogen and oxygen atoms in total. The molecule has 3 N–H and O–H groups in total. The van der Waals surface area contributed by atoms with Crippen molar-refractivity contribution in [2.24, 2.45) is 0 Å². The Labute approximate surface area is 205 Å². The maximum absolute atomic E-state index is 9.92. The summed E-state index contributed by atoms with van der Waals surface area (Å²) in [5.74, 6) is 2.47. The van der Waals surface area contributed by atoms with Crippen LogP contribution in [0.25, 0.3) is 0 Å². The molecule has 1 aliphatic carbocycles. The van der Waals surface area contributed by atoms with Crippen LogP contribution in [0.5, 0.6) is 6.01 Å². The summed E-state index contributed by atoms with van der Waals surface area (Å²) in [6.45, 7) is 5.04. The van der Waals surface area contributed by atoms with E-state index in [4.69, 9.17) is 4.74 Å².